The lowest BCUT2D eigenvalue weighted by atomic mass is 9.89. The maximum Gasteiger partial charge on any atom is 0.317 e. The first-order valence-electron chi connectivity index (χ1n) is 7.92. The van der Waals surface area contributed by atoms with Gasteiger partial charge < -0.3 is 14.2 Å². The van der Waals surface area contributed by atoms with E-state index in [-0.39, 0.29) is 11.9 Å². The van der Waals surface area contributed by atoms with Crippen molar-refractivity contribution >= 4 is 17.6 Å². The van der Waals surface area contributed by atoms with Gasteiger partial charge >= 0.3 is 5.97 Å². The van der Waals surface area contributed by atoms with Gasteiger partial charge in [-0.15, -0.1) is 0 Å². The van der Waals surface area contributed by atoms with E-state index in [9.17, 15) is 4.79 Å². The third-order valence-corrected chi connectivity index (χ3v) is 4.98. The fourth-order valence-electron chi connectivity index (χ4n) is 3.48. The van der Waals surface area contributed by atoms with Gasteiger partial charge in [-0.05, 0) is 25.5 Å². The Hall–Kier alpha value is -2.27. The number of carbonyl (C=O) groups excluding carboxylic acids is 1. The zero-order valence-corrected chi connectivity index (χ0v) is 15.4. The van der Waals surface area contributed by atoms with Crippen molar-refractivity contribution in [3.8, 4) is 11.6 Å². The third-order valence-electron chi connectivity index (χ3n) is 4.77. The second-order valence-corrected chi connectivity index (χ2v) is 6.54. The van der Waals surface area contributed by atoms with Gasteiger partial charge in [0.2, 0.25) is 5.88 Å². The number of ether oxygens (including phenoxy) is 3. The number of rotatable bonds is 5. The minimum absolute atomic E-state index is 0.115. The summed E-state index contributed by atoms with van der Waals surface area (Å²) >= 11 is 5.96. The molecule has 0 N–H and O–H groups in total. The molecule has 1 aromatic carbocycles. The molecule has 1 aromatic heterocycles. The highest BCUT2D eigenvalue weighted by Crippen LogP contribution is 2.64. The molecule has 2 atom stereocenters. The van der Waals surface area contributed by atoms with Gasteiger partial charge in [-0.25, -0.2) is 4.98 Å². The largest absolute Gasteiger partial charge is 0.496 e. The number of benzene rings is 1. The summed E-state index contributed by atoms with van der Waals surface area (Å²) in [6.45, 7) is 1.98. The van der Waals surface area contributed by atoms with Crippen LogP contribution in [0.1, 0.15) is 29.0 Å². The molecule has 1 saturated carbocycles. The van der Waals surface area contributed by atoms with Gasteiger partial charge in [0.25, 0.3) is 0 Å². The molecule has 2 aromatic rings. The van der Waals surface area contributed by atoms with Crippen LogP contribution in [0.5, 0.6) is 11.6 Å². The molecule has 25 heavy (non-hydrogen) atoms. The Kier molecular flexibility index (Phi) is 4.60. The van der Waals surface area contributed by atoms with Crippen molar-refractivity contribution in [3.05, 3.63) is 52.2 Å². The molecule has 0 saturated heterocycles. The van der Waals surface area contributed by atoms with Crippen LogP contribution in [0.3, 0.4) is 0 Å². The van der Waals surface area contributed by atoms with E-state index in [1.54, 1.807) is 13.2 Å². The summed E-state index contributed by atoms with van der Waals surface area (Å²) in [4.78, 5) is 17.0. The minimum atomic E-state index is -0.811. The molecular weight excluding hydrogens is 342 g/mol. The Morgan fingerprint density at radius 3 is 2.60 bits per heavy atom. The van der Waals surface area contributed by atoms with Gasteiger partial charge in [-0.3, -0.25) is 4.79 Å². The van der Waals surface area contributed by atoms with Crippen molar-refractivity contribution in [2.24, 2.45) is 0 Å². The van der Waals surface area contributed by atoms with Crippen molar-refractivity contribution in [3.63, 3.8) is 0 Å². The summed E-state index contributed by atoms with van der Waals surface area (Å²) in [5.41, 5.74) is 1.89. The van der Waals surface area contributed by atoms with Gasteiger partial charge in [-0.1, -0.05) is 35.4 Å². The van der Waals surface area contributed by atoms with Crippen LogP contribution >= 0.6 is 11.6 Å². The van der Waals surface area contributed by atoms with E-state index in [2.05, 4.69) is 4.98 Å². The molecule has 1 fully saturated rings. The highest BCUT2D eigenvalue weighted by Gasteiger charge is 2.64. The SMILES string of the molecule is COC(=O)[C@]1(c2cc(C)ccc2OC)C[C@H]1c1ccc(Cl)nc1OC. The number of aryl methyl sites for hydroxylation is 1. The van der Waals surface area contributed by atoms with Crippen LogP contribution < -0.4 is 9.47 Å². The quantitative estimate of drug-likeness (QED) is 0.601. The molecule has 0 unspecified atom stereocenters. The number of halogens is 1. The highest BCUT2D eigenvalue weighted by molar-refractivity contribution is 6.29. The molecule has 1 heterocycles. The maximum absolute atomic E-state index is 12.8. The van der Waals surface area contributed by atoms with Gasteiger partial charge in [-0.2, -0.15) is 0 Å². The third kappa shape index (κ3) is 2.82. The minimum Gasteiger partial charge on any atom is -0.496 e. The van der Waals surface area contributed by atoms with Crippen LogP contribution in [0.15, 0.2) is 30.3 Å². The molecule has 6 heteroatoms. The molecule has 132 valence electrons. The Morgan fingerprint density at radius 2 is 1.96 bits per heavy atom. The van der Waals surface area contributed by atoms with E-state index in [0.717, 1.165) is 16.7 Å². The topological polar surface area (TPSA) is 57.7 Å². The summed E-state index contributed by atoms with van der Waals surface area (Å²) in [6, 6.07) is 9.36. The number of methoxy groups -OCH3 is 3. The Balaban J connectivity index is 2.14. The van der Waals surface area contributed by atoms with Gasteiger partial charge in [0, 0.05) is 17.0 Å². The van der Waals surface area contributed by atoms with Crippen molar-refractivity contribution in [2.45, 2.75) is 24.7 Å². The van der Waals surface area contributed by atoms with E-state index in [0.29, 0.717) is 23.2 Å². The van der Waals surface area contributed by atoms with Crippen molar-refractivity contribution in [1.82, 2.24) is 4.98 Å². The summed E-state index contributed by atoms with van der Waals surface area (Å²) < 4.78 is 16.0. The lowest BCUT2D eigenvalue weighted by molar-refractivity contribution is -0.143. The van der Waals surface area contributed by atoms with Crippen LogP contribution in [0.25, 0.3) is 0 Å². The fraction of sp³-hybridized carbons (Fsp3) is 0.368. The summed E-state index contributed by atoms with van der Waals surface area (Å²) in [6.07, 6.45) is 0.596. The van der Waals surface area contributed by atoms with E-state index in [1.807, 2.05) is 31.2 Å². The molecule has 0 bridgehead atoms. The first-order chi connectivity index (χ1) is 12.0. The predicted molar refractivity (Wildman–Crippen MR) is 94.6 cm³/mol. The van der Waals surface area contributed by atoms with Crippen LogP contribution in [0.2, 0.25) is 5.15 Å². The van der Waals surface area contributed by atoms with Gasteiger partial charge in [0.1, 0.15) is 16.3 Å². The molecular formula is C19H20ClNO4. The number of aromatic nitrogens is 1. The Labute approximate surface area is 151 Å². The molecule has 3 rings (SSSR count). The molecule has 0 aliphatic heterocycles. The number of hydrogen-bond acceptors (Lipinski definition) is 5. The number of pyridine rings is 1. The van der Waals surface area contributed by atoms with Crippen LogP contribution in [-0.2, 0) is 14.9 Å². The van der Waals surface area contributed by atoms with E-state index in [1.165, 1.54) is 14.2 Å². The highest BCUT2D eigenvalue weighted by atomic mass is 35.5. The average molecular weight is 362 g/mol. The maximum atomic E-state index is 12.8. The molecule has 0 spiro atoms. The van der Waals surface area contributed by atoms with Crippen molar-refractivity contribution in [1.29, 1.82) is 0 Å². The first kappa shape index (κ1) is 17.5. The Bertz CT molecular complexity index is 823. The molecule has 5 nitrogen and oxygen atoms in total. The zero-order valence-electron chi connectivity index (χ0n) is 14.6. The van der Waals surface area contributed by atoms with E-state index >= 15 is 0 Å². The fourth-order valence-corrected chi connectivity index (χ4v) is 3.62. The normalized spacial score (nSPS) is 21.6. The summed E-state index contributed by atoms with van der Waals surface area (Å²) in [7, 11) is 4.54. The molecule has 0 radical (unpaired) electrons. The van der Waals surface area contributed by atoms with E-state index < -0.39 is 5.41 Å². The zero-order chi connectivity index (χ0) is 18.2. The molecule has 1 aliphatic carbocycles. The standard InChI is InChI=1S/C19H20ClNO4/c1-11-5-7-15(23-2)13(9-11)19(18(22)25-4)10-14(19)12-6-8-16(20)21-17(12)24-3/h5-9,14H,10H2,1-4H3/t14-,19-/m0/s1. The van der Waals surface area contributed by atoms with Crippen molar-refractivity contribution in [2.75, 3.05) is 21.3 Å². The second kappa shape index (κ2) is 6.56. The first-order valence-corrected chi connectivity index (χ1v) is 8.29. The second-order valence-electron chi connectivity index (χ2n) is 6.16. The lowest BCUT2D eigenvalue weighted by Crippen LogP contribution is -2.25. The summed E-state index contributed by atoms with van der Waals surface area (Å²) in [5.74, 6) is 0.683. The lowest BCUT2D eigenvalue weighted by Gasteiger charge is -2.20. The number of carbonyl (C=O) groups is 1. The number of hydrogen-bond donors (Lipinski definition) is 0. The van der Waals surface area contributed by atoms with Crippen LogP contribution in [0.4, 0.5) is 0 Å². The van der Waals surface area contributed by atoms with Gasteiger partial charge in [0.15, 0.2) is 0 Å². The van der Waals surface area contributed by atoms with Crippen molar-refractivity contribution < 1.29 is 19.0 Å². The summed E-state index contributed by atoms with van der Waals surface area (Å²) in [5, 5.41) is 0.345. The van der Waals surface area contributed by atoms with Gasteiger partial charge in [0.05, 0.1) is 21.3 Å². The van der Waals surface area contributed by atoms with E-state index in [4.69, 9.17) is 25.8 Å². The molecule has 1 aliphatic rings. The van der Waals surface area contributed by atoms with Crippen LogP contribution in [-0.4, -0.2) is 32.3 Å². The number of nitrogens with zero attached hydrogens (tertiary/aromatic N) is 1. The van der Waals surface area contributed by atoms with Crippen LogP contribution in [0, 0.1) is 6.92 Å². The Morgan fingerprint density at radius 1 is 1.20 bits per heavy atom. The smallest absolute Gasteiger partial charge is 0.317 e. The average Bonchev–Trinajstić information content (AvgIpc) is 3.37. The molecule has 0 amide bonds. The predicted octanol–water partition coefficient (Wildman–Crippen LogP) is 3.66. The monoisotopic (exact) mass is 361 g/mol. The number of esters is 1.